The van der Waals surface area contributed by atoms with E-state index in [1.165, 1.54) is 0 Å². The summed E-state index contributed by atoms with van der Waals surface area (Å²) < 4.78 is 5.11. The molecule has 1 aromatic rings. The molecule has 7 nitrogen and oxygen atoms in total. The van der Waals surface area contributed by atoms with E-state index in [0.29, 0.717) is 44.8 Å². The molecule has 0 spiro atoms. The molecule has 2 fully saturated rings. The normalized spacial score (nSPS) is 19.2. The van der Waals surface area contributed by atoms with Gasteiger partial charge < -0.3 is 20.1 Å². The van der Waals surface area contributed by atoms with Crippen LogP contribution in [-0.4, -0.2) is 58.5 Å². The lowest BCUT2D eigenvalue weighted by atomic mass is 9.75. The zero-order valence-electron chi connectivity index (χ0n) is 14.9. The van der Waals surface area contributed by atoms with E-state index in [4.69, 9.17) is 10.3 Å². The Morgan fingerprint density at radius 1 is 1.12 bits per heavy atom. The van der Waals surface area contributed by atoms with E-state index in [-0.39, 0.29) is 29.8 Å². The summed E-state index contributed by atoms with van der Waals surface area (Å²) >= 11 is 0. The first-order valence-corrected chi connectivity index (χ1v) is 8.64. The summed E-state index contributed by atoms with van der Waals surface area (Å²) in [7, 11) is 0. The molecule has 1 aliphatic carbocycles. The number of aryl methyl sites for hydroxylation is 2. The van der Waals surface area contributed by atoms with Crippen molar-refractivity contribution in [2.24, 2.45) is 5.73 Å². The van der Waals surface area contributed by atoms with Crippen molar-refractivity contribution < 1.29 is 14.1 Å². The lowest BCUT2D eigenvalue weighted by Gasteiger charge is -2.41. The summed E-state index contributed by atoms with van der Waals surface area (Å²) in [5.74, 6) is 0.879. The van der Waals surface area contributed by atoms with Gasteiger partial charge in [0.2, 0.25) is 11.8 Å². The van der Waals surface area contributed by atoms with E-state index in [1.807, 2.05) is 23.6 Å². The summed E-state index contributed by atoms with van der Waals surface area (Å²) in [4.78, 5) is 28.5. The number of halogens is 1. The summed E-state index contributed by atoms with van der Waals surface area (Å²) in [6.45, 7) is 5.99. The van der Waals surface area contributed by atoms with Gasteiger partial charge in [-0.25, -0.2) is 0 Å². The predicted octanol–water partition coefficient (Wildman–Crippen LogP) is 1.20. The molecule has 0 bridgehead atoms. The van der Waals surface area contributed by atoms with Gasteiger partial charge in [-0.05, 0) is 33.1 Å². The second-order valence-corrected chi connectivity index (χ2v) is 7.13. The van der Waals surface area contributed by atoms with Gasteiger partial charge in [0.1, 0.15) is 5.76 Å². The molecule has 3 rings (SSSR count). The van der Waals surface area contributed by atoms with Crippen molar-refractivity contribution in [3.05, 3.63) is 17.0 Å². The number of rotatable bonds is 4. The van der Waals surface area contributed by atoms with Crippen molar-refractivity contribution in [2.75, 3.05) is 26.2 Å². The molecule has 1 saturated carbocycles. The number of hydrogen-bond donors (Lipinski definition) is 1. The van der Waals surface area contributed by atoms with Crippen molar-refractivity contribution in [1.29, 1.82) is 0 Å². The Labute approximate surface area is 154 Å². The topological polar surface area (TPSA) is 92.7 Å². The van der Waals surface area contributed by atoms with E-state index in [1.54, 1.807) is 0 Å². The third kappa shape index (κ3) is 4.33. The van der Waals surface area contributed by atoms with Gasteiger partial charge in [-0.2, -0.15) is 0 Å². The lowest BCUT2D eigenvalue weighted by Crippen LogP contribution is -2.55. The zero-order valence-corrected chi connectivity index (χ0v) is 15.7. The number of amides is 2. The maximum atomic E-state index is 12.5. The van der Waals surface area contributed by atoms with Crippen LogP contribution in [0.2, 0.25) is 0 Å². The zero-order chi connectivity index (χ0) is 17.3. The van der Waals surface area contributed by atoms with Gasteiger partial charge in [-0.3, -0.25) is 9.59 Å². The van der Waals surface area contributed by atoms with Crippen molar-refractivity contribution in [2.45, 2.75) is 51.5 Å². The molecule has 0 radical (unpaired) electrons. The Morgan fingerprint density at radius 3 is 2.12 bits per heavy atom. The molecule has 0 unspecified atom stereocenters. The molecule has 8 heteroatoms. The highest BCUT2D eigenvalue weighted by Gasteiger charge is 2.36. The molecule has 1 saturated heterocycles. The fourth-order valence-corrected chi connectivity index (χ4v) is 3.44. The molecule has 2 heterocycles. The standard InChI is InChI=1S/C17H26N4O3.ClH/c1-12-14(13(2)24-19-12)10-15(22)20-6-8-21(9-7-20)16(23)11-17(18)4-3-5-17;/h3-11,18H2,1-2H3;1H. The lowest BCUT2D eigenvalue weighted by molar-refractivity contribution is -0.140. The van der Waals surface area contributed by atoms with Gasteiger partial charge in [0.15, 0.2) is 0 Å². The Kier molecular flexibility index (Phi) is 6.11. The molecular formula is C17H27ClN4O3. The van der Waals surface area contributed by atoms with Gasteiger partial charge in [0.05, 0.1) is 12.1 Å². The number of aromatic nitrogens is 1. The van der Waals surface area contributed by atoms with E-state index in [9.17, 15) is 9.59 Å². The minimum Gasteiger partial charge on any atom is -0.361 e. The van der Waals surface area contributed by atoms with E-state index in [0.717, 1.165) is 30.5 Å². The van der Waals surface area contributed by atoms with Crippen molar-refractivity contribution in [3.63, 3.8) is 0 Å². The van der Waals surface area contributed by atoms with Crippen molar-refractivity contribution in [1.82, 2.24) is 15.0 Å². The number of carbonyl (C=O) groups excluding carboxylic acids is 2. The van der Waals surface area contributed by atoms with Crippen LogP contribution in [0.25, 0.3) is 0 Å². The Hall–Kier alpha value is -1.60. The molecule has 140 valence electrons. The van der Waals surface area contributed by atoms with Crippen molar-refractivity contribution in [3.8, 4) is 0 Å². The van der Waals surface area contributed by atoms with Crippen LogP contribution in [0.1, 0.15) is 42.7 Å². The maximum absolute atomic E-state index is 12.5. The fraction of sp³-hybridized carbons (Fsp3) is 0.706. The highest BCUT2D eigenvalue weighted by atomic mass is 35.5. The maximum Gasteiger partial charge on any atom is 0.227 e. The Morgan fingerprint density at radius 2 is 1.68 bits per heavy atom. The third-order valence-corrected chi connectivity index (χ3v) is 5.35. The monoisotopic (exact) mass is 370 g/mol. The van der Waals surface area contributed by atoms with E-state index in [2.05, 4.69) is 5.16 Å². The average molecular weight is 371 g/mol. The largest absolute Gasteiger partial charge is 0.361 e. The minimum absolute atomic E-state index is 0. The third-order valence-electron chi connectivity index (χ3n) is 5.35. The second-order valence-electron chi connectivity index (χ2n) is 7.13. The Balaban J connectivity index is 0.00000225. The molecule has 1 aromatic heterocycles. The van der Waals surface area contributed by atoms with Crippen LogP contribution in [0.5, 0.6) is 0 Å². The van der Waals surface area contributed by atoms with Crippen LogP contribution in [0, 0.1) is 13.8 Å². The minimum atomic E-state index is -0.284. The predicted molar refractivity (Wildman–Crippen MR) is 95.5 cm³/mol. The van der Waals surface area contributed by atoms with Gasteiger partial charge in [0.25, 0.3) is 0 Å². The second kappa shape index (κ2) is 7.74. The molecule has 0 atom stereocenters. The van der Waals surface area contributed by atoms with Gasteiger partial charge in [-0.15, -0.1) is 12.4 Å². The van der Waals surface area contributed by atoms with Gasteiger partial charge in [-0.1, -0.05) is 5.16 Å². The van der Waals surface area contributed by atoms with Gasteiger partial charge in [0, 0.05) is 43.7 Å². The van der Waals surface area contributed by atoms with Crippen molar-refractivity contribution >= 4 is 24.2 Å². The molecule has 2 amide bonds. The van der Waals surface area contributed by atoms with E-state index < -0.39 is 0 Å². The molecule has 2 aliphatic rings. The van der Waals surface area contributed by atoms with Crippen LogP contribution in [0.4, 0.5) is 0 Å². The highest BCUT2D eigenvalue weighted by molar-refractivity contribution is 5.85. The summed E-state index contributed by atoms with van der Waals surface area (Å²) in [6.07, 6.45) is 3.73. The summed E-state index contributed by atoms with van der Waals surface area (Å²) in [5, 5.41) is 3.89. The number of nitrogens with zero attached hydrogens (tertiary/aromatic N) is 3. The Bertz CT molecular complexity index is 614. The first-order chi connectivity index (χ1) is 11.4. The molecule has 2 N–H and O–H groups in total. The number of carbonyl (C=O) groups is 2. The first kappa shape index (κ1) is 19.7. The summed E-state index contributed by atoms with van der Waals surface area (Å²) in [5.41, 5.74) is 7.51. The quantitative estimate of drug-likeness (QED) is 0.859. The molecule has 0 aromatic carbocycles. The van der Waals surface area contributed by atoms with Gasteiger partial charge >= 0.3 is 0 Å². The average Bonchev–Trinajstić information content (AvgIpc) is 2.85. The number of piperazine rings is 1. The number of nitrogens with two attached hydrogens (primary N) is 1. The van der Waals surface area contributed by atoms with E-state index >= 15 is 0 Å². The smallest absolute Gasteiger partial charge is 0.227 e. The molecular weight excluding hydrogens is 344 g/mol. The SMILES string of the molecule is Cc1noc(C)c1CC(=O)N1CCN(C(=O)CC2(N)CCC2)CC1.Cl. The van der Waals surface area contributed by atoms with Crippen LogP contribution in [0.3, 0.4) is 0 Å². The van der Waals surface area contributed by atoms with Crippen LogP contribution in [0.15, 0.2) is 4.52 Å². The molecule has 25 heavy (non-hydrogen) atoms. The molecule has 1 aliphatic heterocycles. The number of hydrogen-bond acceptors (Lipinski definition) is 5. The fourth-order valence-electron chi connectivity index (χ4n) is 3.44. The van der Waals surface area contributed by atoms with Crippen LogP contribution in [-0.2, 0) is 16.0 Å². The first-order valence-electron chi connectivity index (χ1n) is 8.64. The summed E-state index contributed by atoms with van der Waals surface area (Å²) in [6, 6.07) is 0. The van der Waals surface area contributed by atoms with Crippen LogP contribution < -0.4 is 5.73 Å². The highest BCUT2D eigenvalue weighted by Crippen LogP contribution is 2.32. The van der Waals surface area contributed by atoms with Crippen LogP contribution >= 0.6 is 12.4 Å².